The Morgan fingerprint density at radius 2 is 1.86 bits per heavy atom. The molecule has 2 aromatic rings. The molecule has 3 N–H and O–H groups in total. The lowest BCUT2D eigenvalue weighted by Gasteiger charge is -2.11. The van der Waals surface area contributed by atoms with Crippen molar-refractivity contribution in [2.75, 3.05) is 13.7 Å². The van der Waals surface area contributed by atoms with Crippen molar-refractivity contribution in [2.45, 2.75) is 13.3 Å². The monoisotopic (exact) mass is 284 g/mol. The zero-order chi connectivity index (χ0) is 15.2. The van der Waals surface area contributed by atoms with E-state index in [9.17, 15) is 0 Å². The van der Waals surface area contributed by atoms with Crippen molar-refractivity contribution in [3.63, 3.8) is 0 Å². The van der Waals surface area contributed by atoms with Crippen molar-refractivity contribution < 1.29 is 9.47 Å². The van der Waals surface area contributed by atoms with Gasteiger partial charge in [-0.15, -0.1) is 0 Å². The molecule has 0 aliphatic carbocycles. The van der Waals surface area contributed by atoms with Gasteiger partial charge >= 0.3 is 0 Å². The molecule has 0 saturated carbocycles. The van der Waals surface area contributed by atoms with Crippen molar-refractivity contribution in [3.8, 4) is 11.5 Å². The van der Waals surface area contributed by atoms with Gasteiger partial charge in [-0.3, -0.25) is 5.41 Å². The van der Waals surface area contributed by atoms with E-state index in [0.29, 0.717) is 17.9 Å². The Hall–Kier alpha value is -2.33. The first-order chi connectivity index (χ1) is 10.1. The molecule has 0 saturated heterocycles. The highest BCUT2D eigenvalue weighted by atomic mass is 16.5. The summed E-state index contributed by atoms with van der Waals surface area (Å²) in [6.45, 7) is 2.66. The molecule has 0 spiro atoms. The summed E-state index contributed by atoms with van der Waals surface area (Å²) in [5.74, 6) is 1.32. The lowest BCUT2D eigenvalue weighted by Crippen LogP contribution is -2.12. The maximum Gasteiger partial charge on any atom is 0.138 e. The Morgan fingerprint density at radius 3 is 2.48 bits per heavy atom. The van der Waals surface area contributed by atoms with Crippen molar-refractivity contribution in [1.29, 1.82) is 5.41 Å². The highest BCUT2D eigenvalue weighted by molar-refractivity contribution is 5.97. The molecule has 0 aliphatic heterocycles. The molecule has 2 aromatic carbocycles. The summed E-state index contributed by atoms with van der Waals surface area (Å²) in [4.78, 5) is 0. The van der Waals surface area contributed by atoms with E-state index in [4.69, 9.17) is 20.6 Å². The summed E-state index contributed by atoms with van der Waals surface area (Å²) in [6, 6.07) is 13.5. The Morgan fingerprint density at radius 1 is 1.14 bits per heavy atom. The molecule has 0 bridgehead atoms. The lowest BCUT2D eigenvalue weighted by molar-refractivity contribution is 0.202. The van der Waals surface area contributed by atoms with Crippen LogP contribution in [0.4, 0.5) is 0 Å². The second-order valence-corrected chi connectivity index (χ2v) is 4.90. The van der Waals surface area contributed by atoms with Gasteiger partial charge in [0, 0.05) is 7.11 Å². The van der Waals surface area contributed by atoms with E-state index < -0.39 is 0 Å². The quantitative estimate of drug-likeness (QED) is 0.632. The smallest absolute Gasteiger partial charge is 0.138 e. The van der Waals surface area contributed by atoms with Crippen molar-refractivity contribution >= 4 is 5.84 Å². The fourth-order valence-corrected chi connectivity index (χ4v) is 2.01. The highest BCUT2D eigenvalue weighted by Crippen LogP contribution is 2.26. The van der Waals surface area contributed by atoms with Crippen molar-refractivity contribution in [1.82, 2.24) is 0 Å². The van der Waals surface area contributed by atoms with E-state index in [2.05, 4.69) is 0 Å². The molecule has 21 heavy (non-hydrogen) atoms. The Kier molecular flexibility index (Phi) is 4.95. The predicted molar refractivity (Wildman–Crippen MR) is 84.3 cm³/mol. The highest BCUT2D eigenvalue weighted by Gasteiger charge is 2.08. The molecule has 4 heteroatoms. The zero-order valence-electron chi connectivity index (χ0n) is 12.3. The maximum absolute atomic E-state index is 7.63. The lowest BCUT2D eigenvalue weighted by atomic mass is 10.1. The molecule has 0 heterocycles. The van der Waals surface area contributed by atoms with Crippen LogP contribution in [0.1, 0.15) is 16.7 Å². The summed E-state index contributed by atoms with van der Waals surface area (Å²) < 4.78 is 10.9. The minimum absolute atomic E-state index is 0.00501. The van der Waals surface area contributed by atoms with Gasteiger partial charge < -0.3 is 15.2 Å². The molecule has 0 aromatic heterocycles. The summed E-state index contributed by atoms with van der Waals surface area (Å²) in [6.07, 6.45) is 0.875. The number of nitrogens with two attached hydrogens (primary N) is 1. The largest absolute Gasteiger partial charge is 0.457 e. The summed E-state index contributed by atoms with van der Waals surface area (Å²) in [5.41, 5.74) is 8.45. The Labute approximate surface area is 125 Å². The van der Waals surface area contributed by atoms with Gasteiger partial charge in [0.2, 0.25) is 0 Å². The number of rotatable bonds is 6. The van der Waals surface area contributed by atoms with Crippen LogP contribution in [0.3, 0.4) is 0 Å². The fourth-order valence-electron chi connectivity index (χ4n) is 2.01. The first-order valence-corrected chi connectivity index (χ1v) is 6.81. The SMILES string of the molecule is COCCc1ccc(Oc2ccc(C)cc2C(=N)N)cc1. The normalized spacial score (nSPS) is 10.4. The van der Waals surface area contributed by atoms with Gasteiger partial charge in [-0.25, -0.2) is 0 Å². The number of nitrogens with one attached hydrogen (secondary N) is 1. The van der Waals surface area contributed by atoms with Crippen LogP contribution in [0.15, 0.2) is 42.5 Å². The van der Waals surface area contributed by atoms with Gasteiger partial charge in [0.1, 0.15) is 17.3 Å². The molecule has 110 valence electrons. The van der Waals surface area contributed by atoms with Gasteiger partial charge in [0.15, 0.2) is 0 Å². The molecule has 0 amide bonds. The molecular formula is C17H20N2O2. The van der Waals surface area contributed by atoms with Crippen LogP contribution in [0.2, 0.25) is 0 Å². The number of hydrogen-bond donors (Lipinski definition) is 2. The van der Waals surface area contributed by atoms with Gasteiger partial charge in [-0.05, 0) is 43.2 Å². The number of methoxy groups -OCH3 is 1. The molecular weight excluding hydrogens is 264 g/mol. The standard InChI is InChI=1S/C17H20N2O2/c1-12-3-8-16(15(11-12)17(18)19)21-14-6-4-13(5-7-14)9-10-20-2/h3-8,11H,9-10H2,1-2H3,(H3,18,19). The molecule has 0 radical (unpaired) electrons. The molecule has 0 atom stereocenters. The fraction of sp³-hybridized carbons (Fsp3) is 0.235. The number of benzene rings is 2. The van der Waals surface area contributed by atoms with Crippen molar-refractivity contribution in [3.05, 3.63) is 59.2 Å². The van der Waals surface area contributed by atoms with Crippen molar-refractivity contribution in [2.24, 2.45) is 5.73 Å². The van der Waals surface area contributed by atoms with E-state index in [1.165, 1.54) is 5.56 Å². The third kappa shape index (κ3) is 4.07. The zero-order valence-corrected chi connectivity index (χ0v) is 12.3. The second kappa shape index (κ2) is 6.90. The number of amidine groups is 1. The minimum Gasteiger partial charge on any atom is -0.457 e. The van der Waals surface area contributed by atoms with Crippen LogP contribution in [-0.4, -0.2) is 19.6 Å². The van der Waals surface area contributed by atoms with Crippen LogP contribution < -0.4 is 10.5 Å². The third-order valence-corrected chi connectivity index (χ3v) is 3.17. The topological polar surface area (TPSA) is 68.3 Å². The average molecular weight is 284 g/mol. The first-order valence-electron chi connectivity index (χ1n) is 6.81. The van der Waals surface area contributed by atoms with Crippen LogP contribution in [0.5, 0.6) is 11.5 Å². The third-order valence-electron chi connectivity index (χ3n) is 3.17. The number of aryl methyl sites for hydroxylation is 1. The average Bonchev–Trinajstić information content (AvgIpc) is 2.48. The van der Waals surface area contributed by atoms with E-state index in [1.807, 2.05) is 49.4 Å². The number of ether oxygens (including phenoxy) is 2. The molecule has 0 unspecified atom stereocenters. The Balaban J connectivity index is 2.16. The number of nitrogen functional groups attached to an aromatic ring is 1. The van der Waals surface area contributed by atoms with E-state index in [1.54, 1.807) is 7.11 Å². The van der Waals surface area contributed by atoms with Crippen LogP contribution >= 0.6 is 0 Å². The van der Waals surface area contributed by atoms with Gasteiger partial charge in [-0.1, -0.05) is 23.8 Å². The first kappa shape index (κ1) is 15.1. The van der Waals surface area contributed by atoms with E-state index in [0.717, 1.165) is 17.7 Å². The maximum atomic E-state index is 7.63. The van der Waals surface area contributed by atoms with Gasteiger partial charge in [-0.2, -0.15) is 0 Å². The summed E-state index contributed by atoms with van der Waals surface area (Å²) >= 11 is 0. The van der Waals surface area contributed by atoms with Gasteiger partial charge in [0.05, 0.1) is 12.2 Å². The molecule has 0 fully saturated rings. The minimum atomic E-state index is 0.00501. The molecule has 2 rings (SSSR count). The van der Waals surface area contributed by atoms with Crippen LogP contribution in [0, 0.1) is 12.3 Å². The van der Waals surface area contributed by atoms with E-state index >= 15 is 0 Å². The molecule has 4 nitrogen and oxygen atoms in total. The molecule has 0 aliphatic rings. The Bertz CT molecular complexity index is 621. The van der Waals surface area contributed by atoms with Crippen LogP contribution in [-0.2, 0) is 11.2 Å². The number of hydrogen-bond acceptors (Lipinski definition) is 3. The van der Waals surface area contributed by atoms with Gasteiger partial charge in [0.25, 0.3) is 0 Å². The second-order valence-electron chi connectivity index (χ2n) is 4.90. The summed E-state index contributed by atoms with van der Waals surface area (Å²) in [5, 5.41) is 7.63. The summed E-state index contributed by atoms with van der Waals surface area (Å²) in [7, 11) is 1.69. The van der Waals surface area contributed by atoms with E-state index in [-0.39, 0.29) is 5.84 Å². The predicted octanol–water partition coefficient (Wildman–Crippen LogP) is 3.26. The van der Waals surface area contributed by atoms with Crippen LogP contribution in [0.25, 0.3) is 0 Å².